The average molecular weight is 229 g/mol. The van der Waals surface area contributed by atoms with Crippen LogP contribution in [0.2, 0.25) is 0 Å². The van der Waals surface area contributed by atoms with Crippen LogP contribution in [0.25, 0.3) is 0 Å². The van der Waals surface area contributed by atoms with E-state index >= 15 is 0 Å². The topological polar surface area (TPSA) is 20.3 Å². The second kappa shape index (κ2) is 4.26. The molecular weight excluding hydrogens is 210 g/mol. The first kappa shape index (κ1) is 11.0. The van der Waals surface area contributed by atoms with Crippen molar-refractivity contribution in [3.63, 3.8) is 0 Å². The smallest absolute Gasteiger partial charge is 0.151 e. The van der Waals surface area contributed by atoms with E-state index in [4.69, 9.17) is 0 Å². The Morgan fingerprint density at radius 3 is 2.12 bits per heavy atom. The van der Waals surface area contributed by atoms with Gasteiger partial charge in [-0.05, 0) is 38.2 Å². The highest BCUT2D eigenvalue weighted by Crippen LogP contribution is 2.43. The molecule has 2 nitrogen and oxygen atoms in total. The van der Waals surface area contributed by atoms with Crippen LogP contribution < -0.4 is 0 Å². The van der Waals surface area contributed by atoms with Crippen LogP contribution >= 0.6 is 0 Å². The maximum atomic E-state index is 12.0. The molecule has 2 heterocycles. The fourth-order valence-electron chi connectivity index (χ4n) is 3.63. The SMILES string of the molecule is CC(=O)[C@H](c1ccccc1)N1C2CCC1CC2. The molecular formula is C15H19NO. The third-order valence-electron chi connectivity index (χ3n) is 4.31. The normalized spacial score (nSPS) is 29.5. The number of hydrogen-bond donors (Lipinski definition) is 0. The van der Waals surface area contributed by atoms with Crippen LogP contribution in [0.15, 0.2) is 30.3 Å². The highest BCUT2D eigenvalue weighted by molar-refractivity contribution is 5.83. The van der Waals surface area contributed by atoms with E-state index in [1.807, 2.05) is 18.2 Å². The van der Waals surface area contributed by atoms with Gasteiger partial charge in [0.1, 0.15) is 0 Å². The predicted molar refractivity (Wildman–Crippen MR) is 67.7 cm³/mol. The lowest BCUT2D eigenvalue weighted by Gasteiger charge is -2.30. The molecule has 2 saturated heterocycles. The highest BCUT2D eigenvalue weighted by atomic mass is 16.1. The van der Waals surface area contributed by atoms with Crippen LogP contribution in [0.5, 0.6) is 0 Å². The molecule has 2 heteroatoms. The summed E-state index contributed by atoms with van der Waals surface area (Å²) in [6, 6.07) is 11.5. The zero-order valence-electron chi connectivity index (χ0n) is 10.3. The van der Waals surface area contributed by atoms with E-state index in [9.17, 15) is 4.79 Å². The van der Waals surface area contributed by atoms with E-state index in [2.05, 4.69) is 17.0 Å². The Kier molecular flexibility index (Phi) is 2.75. The molecule has 2 aliphatic rings. The van der Waals surface area contributed by atoms with Gasteiger partial charge in [-0.2, -0.15) is 0 Å². The Morgan fingerprint density at radius 2 is 1.65 bits per heavy atom. The quantitative estimate of drug-likeness (QED) is 0.794. The van der Waals surface area contributed by atoms with Gasteiger partial charge in [0.2, 0.25) is 0 Å². The van der Waals surface area contributed by atoms with Gasteiger partial charge in [-0.25, -0.2) is 0 Å². The standard InChI is InChI=1S/C15H19NO/c1-11(17)15(12-5-3-2-4-6-12)16-13-7-8-14(16)10-9-13/h2-6,13-15H,7-10H2,1H3/t13?,14?,15-/m1/s1. The van der Waals surface area contributed by atoms with Gasteiger partial charge in [0.15, 0.2) is 5.78 Å². The second-order valence-corrected chi connectivity index (χ2v) is 5.33. The average Bonchev–Trinajstić information content (AvgIpc) is 2.91. The fraction of sp³-hybridized carbons (Fsp3) is 0.533. The molecule has 0 aliphatic carbocycles. The number of rotatable bonds is 3. The van der Waals surface area contributed by atoms with Gasteiger partial charge in [-0.1, -0.05) is 30.3 Å². The van der Waals surface area contributed by atoms with E-state index < -0.39 is 0 Å². The molecule has 1 aromatic carbocycles. The molecule has 0 radical (unpaired) electrons. The van der Waals surface area contributed by atoms with Gasteiger partial charge in [0, 0.05) is 12.1 Å². The molecule has 2 fully saturated rings. The summed E-state index contributed by atoms with van der Waals surface area (Å²) in [6.45, 7) is 1.73. The molecule has 0 unspecified atom stereocenters. The van der Waals surface area contributed by atoms with E-state index in [-0.39, 0.29) is 11.8 Å². The first-order valence-corrected chi connectivity index (χ1v) is 6.60. The lowest BCUT2D eigenvalue weighted by Crippen LogP contribution is -2.36. The molecule has 1 atom stereocenters. The summed E-state index contributed by atoms with van der Waals surface area (Å²) in [5.41, 5.74) is 1.17. The molecule has 1 aromatic rings. The Hall–Kier alpha value is -1.15. The largest absolute Gasteiger partial charge is 0.298 e. The molecule has 0 N–H and O–H groups in total. The second-order valence-electron chi connectivity index (χ2n) is 5.33. The lowest BCUT2D eigenvalue weighted by molar-refractivity contribution is -0.123. The van der Waals surface area contributed by atoms with Crippen molar-refractivity contribution in [1.82, 2.24) is 4.90 Å². The van der Waals surface area contributed by atoms with E-state index in [1.165, 1.54) is 31.2 Å². The van der Waals surface area contributed by atoms with Crippen LogP contribution in [-0.4, -0.2) is 22.8 Å². The maximum absolute atomic E-state index is 12.0. The number of carbonyl (C=O) groups excluding carboxylic acids is 1. The number of carbonyl (C=O) groups is 1. The summed E-state index contributed by atoms with van der Waals surface area (Å²) in [5, 5.41) is 0. The third kappa shape index (κ3) is 1.81. The summed E-state index contributed by atoms with van der Waals surface area (Å²) >= 11 is 0. The number of hydrogen-bond acceptors (Lipinski definition) is 2. The summed E-state index contributed by atoms with van der Waals surface area (Å²) in [5.74, 6) is 0.287. The first-order chi connectivity index (χ1) is 8.27. The van der Waals surface area contributed by atoms with Crippen molar-refractivity contribution in [2.24, 2.45) is 0 Å². The number of Topliss-reactive ketones (excluding diaryl/α,β-unsaturated/α-hetero) is 1. The van der Waals surface area contributed by atoms with Crippen LogP contribution in [0.4, 0.5) is 0 Å². The maximum Gasteiger partial charge on any atom is 0.151 e. The van der Waals surface area contributed by atoms with Crippen molar-refractivity contribution in [1.29, 1.82) is 0 Å². The van der Waals surface area contributed by atoms with Crippen molar-refractivity contribution >= 4 is 5.78 Å². The lowest BCUT2D eigenvalue weighted by atomic mass is 10.0. The summed E-state index contributed by atoms with van der Waals surface area (Å²) in [7, 11) is 0. The van der Waals surface area contributed by atoms with Crippen LogP contribution in [-0.2, 0) is 4.79 Å². The van der Waals surface area contributed by atoms with Gasteiger partial charge < -0.3 is 0 Å². The van der Waals surface area contributed by atoms with Crippen LogP contribution in [0.3, 0.4) is 0 Å². The van der Waals surface area contributed by atoms with Crippen molar-refractivity contribution in [2.75, 3.05) is 0 Å². The molecule has 90 valence electrons. The van der Waals surface area contributed by atoms with Crippen molar-refractivity contribution < 1.29 is 4.79 Å². The zero-order chi connectivity index (χ0) is 11.8. The Balaban J connectivity index is 1.94. The van der Waals surface area contributed by atoms with Gasteiger partial charge in [-0.15, -0.1) is 0 Å². The minimum absolute atomic E-state index is 0.00352. The number of ketones is 1. The van der Waals surface area contributed by atoms with Gasteiger partial charge in [0.05, 0.1) is 6.04 Å². The number of benzene rings is 1. The third-order valence-corrected chi connectivity index (χ3v) is 4.31. The molecule has 3 rings (SSSR count). The zero-order valence-corrected chi connectivity index (χ0v) is 10.3. The summed E-state index contributed by atoms with van der Waals surface area (Å²) in [4.78, 5) is 14.5. The fourth-order valence-corrected chi connectivity index (χ4v) is 3.63. The van der Waals surface area contributed by atoms with Crippen LogP contribution in [0.1, 0.15) is 44.2 Å². The van der Waals surface area contributed by atoms with E-state index in [1.54, 1.807) is 6.92 Å². The van der Waals surface area contributed by atoms with Gasteiger partial charge in [-0.3, -0.25) is 9.69 Å². The monoisotopic (exact) mass is 229 g/mol. The van der Waals surface area contributed by atoms with E-state index in [0.717, 1.165) is 0 Å². The highest BCUT2D eigenvalue weighted by Gasteiger charge is 2.44. The summed E-state index contributed by atoms with van der Waals surface area (Å²) < 4.78 is 0. The van der Waals surface area contributed by atoms with Crippen molar-refractivity contribution in [3.05, 3.63) is 35.9 Å². The Bertz CT molecular complexity index is 394. The molecule has 0 aromatic heterocycles. The molecule has 17 heavy (non-hydrogen) atoms. The minimum atomic E-state index is -0.00352. The van der Waals surface area contributed by atoms with Crippen LogP contribution in [0, 0.1) is 0 Å². The molecule has 0 saturated carbocycles. The van der Waals surface area contributed by atoms with Crippen molar-refractivity contribution in [3.8, 4) is 0 Å². The van der Waals surface area contributed by atoms with Gasteiger partial charge in [0.25, 0.3) is 0 Å². The van der Waals surface area contributed by atoms with Gasteiger partial charge >= 0.3 is 0 Å². The Labute approximate surface area is 103 Å². The minimum Gasteiger partial charge on any atom is -0.298 e. The van der Waals surface area contributed by atoms with E-state index in [0.29, 0.717) is 12.1 Å². The molecule has 2 aliphatic heterocycles. The predicted octanol–water partition coefficient (Wildman–Crippen LogP) is 2.94. The molecule has 2 bridgehead atoms. The molecule has 0 amide bonds. The Morgan fingerprint density at radius 1 is 1.12 bits per heavy atom. The first-order valence-electron chi connectivity index (χ1n) is 6.60. The van der Waals surface area contributed by atoms with Crippen molar-refractivity contribution in [2.45, 2.75) is 50.7 Å². The number of fused-ring (bicyclic) bond motifs is 2. The summed E-state index contributed by atoms with van der Waals surface area (Å²) in [6.07, 6.45) is 5.12. The molecule has 0 spiro atoms. The number of nitrogens with zero attached hydrogens (tertiary/aromatic N) is 1.